The van der Waals surface area contributed by atoms with Crippen LogP contribution in [0.4, 0.5) is 0 Å². The molecule has 1 rings (SSSR count). The lowest BCUT2D eigenvalue weighted by molar-refractivity contribution is -0.119. The van der Waals surface area contributed by atoms with E-state index >= 15 is 0 Å². The van der Waals surface area contributed by atoms with Crippen molar-refractivity contribution in [1.29, 1.82) is 0 Å². The van der Waals surface area contributed by atoms with Gasteiger partial charge in [-0.25, -0.2) is 0 Å². The Morgan fingerprint density at radius 1 is 1.55 bits per heavy atom. The highest BCUT2D eigenvalue weighted by Gasteiger charge is 2.31. The zero-order valence-corrected chi connectivity index (χ0v) is 6.51. The minimum absolute atomic E-state index is 0.591. The van der Waals surface area contributed by atoms with E-state index in [9.17, 15) is 0 Å². The van der Waals surface area contributed by atoms with Gasteiger partial charge in [0.2, 0.25) is 0 Å². The summed E-state index contributed by atoms with van der Waals surface area (Å²) < 4.78 is 10.7. The van der Waals surface area contributed by atoms with Crippen molar-refractivity contribution in [2.75, 3.05) is 13.2 Å². The van der Waals surface area contributed by atoms with Crippen LogP contribution >= 0.6 is 0 Å². The Bertz CT molecular complexity index is 172. The zero-order valence-electron chi connectivity index (χ0n) is 6.51. The van der Waals surface area contributed by atoms with Gasteiger partial charge in [0.05, 0.1) is 13.2 Å². The van der Waals surface area contributed by atoms with E-state index in [4.69, 9.17) is 15.9 Å². The van der Waals surface area contributed by atoms with E-state index < -0.39 is 5.79 Å². The van der Waals surface area contributed by atoms with Gasteiger partial charge in [0, 0.05) is 12.8 Å². The number of hydrogen-bond donors (Lipinski definition) is 0. The quantitative estimate of drug-likeness (QED) is 0.448. The normalized spacial score (nSPS) is 21.0. The predicted octanol–water partition coefficient (Wildman–Crippen LogP) is 1.33. The second-order valence-electron chi connectivity index (χ2n) is 2.42. The fraction of sp³-hybridized carbons (Fsp3) is 0.556. The molecule has 0 N–H and O–H groups in total. The van der Waals surface area contributed by atoms with Gasteiger partial charge in [-0.3, -0.25) is 0 Å². The van der Waals surface area contributed by atoms with Crippen molar-refractivity contribution in [1.82, 2.24) is 0 Å². The molecular weight excluding hydrogens is 140 g/mol. The lowest BCUT2D eigenvalue weighted by Crippen LogP contribution is -2.26. The molecule has 0 spiro atoms. The predicted molar refractivity (Wildman–Crippen MR) is 42.9 cm³/mol. The van der Waals surface area contributed by atoms with Crippen molar-refractivity contribution in [3.05, 3.63) is 12.7 Å². The molecule has 0 bridgehead atoms. The van der Waals surface area contributed by atoms with Crippen molar-refractivity contribution in [3.63, 3.8) is 0 Å². The van der Waals surface area contributed by atoms with E-state index in [-0.39, 0.29) is 0 Å². The Labute approximate surface area is 67.2 Å². The first-order chi connectivity index (χ1) is 5.33. The molecule has 0 atom stereocenters. The molecule has 60 valence electrons. The maximum absolute atomic E-state index is 5.36. The summed E-state index contributed by atoms with van der Waals surface area (Å²) >= 11 is 0. The van der Waals surface area contributed by atoms with E-state index in [1.54, 1.807) is 6.08 Å². The molecule has 0 radical (unpaired) electrons. The van der Waals surface area contributed by atoms with E-state index in [0.717, 1.165) is 0 Å². The molecule has 1 aliphatic heterocycles. The van der Waals surface area contributed by atoms with Crippen molar-refractivity contribution >= 4 is 0 Å². The Balaban J connectivity index is 2.47. The molecule has 1 heterocycles. The highest BCUT2D eigenvalue weighted by molar-refractivity contribution is 4.96. The topological polar surface area (TPSA) is 18.5 Å². The molecular formula is C9H12O2. The van der Waals surface area contributed by atoms with Gasteiger partial charge in [-0.2, -0.15) is 0 Å². The Morgan fingerprint density at radius 3 is 2.64 bits per heavy atom. The highest BCUT2D eigenvalue weighted by atomic mass is 16.7. The molecule has 1 aliphatic rings. The minimum atomic E-state index is -0.591. The second-order valence-corrected chi connectivity index (χ2v) is 2.42. The molecule has 2 heteroatoms. The zero-order chi connectivity index (χ0) is 8.16. The fourth-order valence-electron chi connectivity index (χ4n) is 1.08. The molecule has 0 aromatic carbocycles. The van der Waals surface area contributed by atoms with Gasteiger partial charge in [-0.05, 0) is 6.08 Å². The van der Waals surface area contributed by atoms with Crippen LogP contribution in [0.1, 0.15) is 12.8 Å². The van der Waals surface area contributed by atoms with Crippen molar-refractivity contribution in [2.24, 2.45) is 0 Å². The number of ether oxygens (including phenoxy) is 2. The summed E-state index contributed by atoms with van der Waals surface area (Å²) in [6.45, 7) is 4.92. The van der Waals surface area contributed by atoms with Gasteiger partial charge in [-0.1, -0.05) is 6.58 Å². The van der Waals surface area contributed by atoms with Crippen LogP contribution in [-0.2, 0) is 9.47 Å². The lowest BCUT2D eigenvalue weighted by atomic mass is 10.1. The van der Waals surface area contributed by atoms with Crippen LogP contribution in [-0.4, -0.2) is 19.0 Å². The van der Waals surface area contributed by atoms with Gasteiger partial charge in [0.15, 0.2) is 5.79 Å². The Kier molecular flexibility index (Phi) is 2.70. The van der Waals surface area contributed by atoms with Crippen molar-refractivity contribution in [3.8, 4) is 12.3 Å². The summed E-state index contributed by atoms with van der Waals surface area (Å²) in [4.78, 5) is 0. The van der Waals surface area contributed by atoms with Crippen LogP contribution in [0.3, 0.4) is 0 Å². The summed E-state index contributed by atoms with van der Waals surface area (Å²) in [7, 11) is 0. The van der Waals surface area contributed by atoms with Gasteiger partial charge < -0.3 is 9.47 Å². The molecule has 0 amide bonds. The smallest absolute Gasteiger partial charge is 0.188 e. The minimum Gasteiger partial charge on any atom is -0.344 e. The van der Waals surface area contributed by atoms with Crippen molar-refractivity contribution in [2.45, 2.75) is 18.6 Å². The Morgan fingerprint density at radius 2 is 2.18 bits per heavy atom. The van der Waals surface area contributed by atoms with Crippen molar-refractivity contribution < 1.29 is 9.47 Å². The third-order valence-electron chi connectivity index (χ3n) is 1.70. The fourth-order valence-corrected chi connectivity index (χ4v) is 1.08. The van der Waals surface area contributed by atoms with Crippen LogP contribution in [0.2, 0.25) is 0 Å². The lowest BCUT2D eigenvalue weighted by Gasteiger charge is -2.21. The highest BCUT2D eigenvalue weighted by Crippen LogP contribution is 2.25. The average molecular weight is 152 g/mol. The van der Waals surface area contributed by atoms with Crippen LogP contribution < -0.4 is 0 Å². The number of hydrogen-bond acceptors (Lipinski definition) is 2. The van der Waals surface area contributed by atoms with Gasteiger partial charge >= 0.3 is 0 Å². The molecule has 2 nitrogen and oxygen atoms in total. The summed E-state index contributed by atoms with van der Waals surface area (Å²) in [6, 6.07) is 0. The van der Waals surface area contributed by atoms with Crippen LogP contribution in [0.5, 0.6) is 0 Å². The third-order valence-corrected chi connectivity index (χ3v) is 1.70. The Hall–Kier alpha value is -0.780. The molecule has 0 saturated carbocycles. The molecule has 0 unspecified atom stereocenters. The summed E-state index contributed by atoms with van der Waals surface area (Å²) in [5, 5.41) is 0. The van der Waals surface area contributed by atoms with E-state index in [1.165, 1.54) is 0 Å². The molecule has 1 saturated heterocycles. The van der Waals surface area contributed by atoms with Crippen LogP contribution in [0.15, 0.2) is 12.7 Å². The standard InChI is InChI=1S/C9H12O2/c1-3-5-6-9(4-2)10-7-8-11-9/h1,4H,2,5-8H2. The third kappa shape index (κ3) is 1.83. The van der Waals surface area contributed by atoms with Gasteiger partial charge in [-0.15, -0.1) is 12.3 Å². The van der Waals surface area contributed by atoms with Gasteiger partial charge in [0.25, 0.3) is 0 Å². The number of terminal acetylenes is 1. The maximum Gasteiger partial charge on any atom is 0.188 e. The van der Waals surface area contributed by atoms with Crippen LogP contribution in [0, 0.1) is 12.3 Å². The first-order valence-electron chi connectivity index (χ1n) is 3.68. The maximum atomic E-state index is 5.36. The molecule has 11 heavy (non-hydrogen) atoms. The number of rotatable bonds is 3. The van der Waals surface area contributed by atoms with Gasteiger partial charge in [0.1, 0.15) is 0 Å². The summed E-state index contributed by atoms with van der Waals surface area (Å²) in [6.07, 6.45) is 8.16. The molecule has 0 aliphatic carbocycles. The van der Waals surface area contributed by atoms with E-state index in [2.05, 4.69) is 12.5 Å². The first-order valence-corrected chi connectivity index (χ1v) is 3.68. The monoisotopic (exact) mass is 152 g/mol. The van der Waals surface area contributed by atoms with E-state index in [0.29, 0.717) is 26.1 Å². The SMILES string of the molecule is C#CCCC1(C=C)OCCO1. The second kappa shape index (κ2) is 3.56. The average Bonchev–Trinajstić information content (AvgIpc) is 2.50. The molecule has 1 fully saturated rings. The largest absolute Gasteiger partial charge is 0.344 e. The first kappa shape index (κ1) is 8.32. The van der Waals surface area contributed by atoms with E-state index in [1.807, 2.05) is 0 Å². The summed E-state index contributed by atoms with van der Waals surface area (Å²) in [5.41, 5.74) is 0. The molecule has 0 aromatic rings. The molecule has 0 aromatic heterocycles. The summed E-state index contributed by atoms with van der Waals surface area (Å²) in [5.74, 6) is 1.96. The van der Waals surface area contributed by atoms with Crippen LogP contribution in [0.25, 0.3) is 0 Å².